The molecule has 0 aliphatic carbocycles. The van der Waals surface area contributed by atoms with E-state index >= 15 is 0 Å². The van der Waals surface area contributed by atoms with Crippen molar-refractivity contribution in [1.82, 2.24) is 10.2 Å². The fraction of sp³-hybridized carbons (Fsp3) is 0.258. The Morgan fingerprint density at radius 3 is 2.19 bits per heavy atom. The van der Waals surface area contributed by atoms with Crippen molar-refractivity contribution in [3.05, 3.63) is 108 Å². The third kappa shape index (κ3) is 5.21. The van der Waals surface area contributed by atoms with Crippen molar-refractivity contribution in [2.45, 2.75) is 6.04 Å². The number of anilines is 2. The van der Waals surface area contributed by atoms with Crippen LogP contribution in [0.3, 0.4) is 0 Å². The lowest BCUT2D eigenvalue weighted by atomic mass is 10.0. The van der Waals surface area contributed by atoms with E-state index in [9.17, 15) is 4.79 Å². The Labute approximate surface area is 213 Å². The topological polar surface area (TPSA) is 38.8 Å². The van der Waals surface area contributed by atoms with Gasteiger partial charge in [-0.2, -0.15) is 0 Å². The van der Waals surface area contributed by atoms with Gasteiger partial charge in [-0.15, -0.1) is 0 Å². The van der Waals surface area contributed by atoms with Gasteiger partial charge in [-0.3, -0.25) is 9.69 Å². The summed E-state index contributed by atoms with van der Waals surface area (Å²) in [5, 5.41) is 5.33. The largest absolute Gasteiger partial charge is 0.378 e. The molecule has 184 valence electrons. The molecule has 1 fully saturated rings. The summed E-state index contributed by atoms with van der Waals surface area (Å²) in [6.45, 7) is 4.38. The lowest BCUT2D eigenvalue weighted by Crippen LogP contribution is -2.50. The average molecular weight is 479 g/mol. The first-order valence-corrected chi connectivity index (χ1v) is 12.7. The molecule has 0 radical (unpaired) electrons. The number of rotatable bonds is 7. The molecule has 4 aromatic carbocycles. The van der Waals surface area contributed by atoms with Crippen LogP contribution in [-0.4, -0.2) is 57.6 Å². The zero-order chi connectivity index (χ0) is 24.9. The summed E-state index contributed by atoms with van der Waals surface area (Å²) < 4.78 is 0. The first kappa shape index (κ1) is 23.9. The summed E-state index contributed by atoms with van der Waals surface area (Å²) in [6, 6.07) is 33.4. The molecule has 0 aromatic heterocycles. The molecule has 0 spiro atoms. The lowest BCUT2D eigenvalue weighted by molar-refractivity contribution is 0.0932. The van der Waals surface area contributed by atoms with E-state index in [4.69, 9.17) is 0 Å². The van der Waals surface area contributed by atoms with E-state index in [2.05, 4.69) is 88.7 Å². The lowest BCUT2D eigenvalue weighted by Gasteiger charge is -2.40. The van der Waals surface area contributed by atoms with Crippen LogP contribution < -0.4 is 15.1 Å². The SMILES string of the molecule is CN(C)c1ccc(C(CNC(=O)c2cccc3ccccc23)N2CCN(c3ccccc3)CC2)cc1. The van der Waals surface area contributed by atoms with Gasteiger partial charge in [-0.25, -0.2) is 0 Å². The number of carbonyl (C=O) groups is 1. The van der Waals surface area contributed by atoms with Gasteiger partial charge >= 0.3 is 0 Å². The molecule has 0 saturated carbocycles. The molecular formula is C31H34N4O. The number of hydrogen-bond donors (Lipinski definition) is 1. The fourth-order valence-electron chi connectivity index (χ4n) is 5.09. The quantitative estimate of drug-likeness (QED) is 0.396. The van der Waals surface area contributed by atoms with Gasteiger partial charge < -0.3 is 15.1 Å². The van der Waals surface area contributed by atoms with Crippen molar-refractivity contribution >= 4 is 28.1 Å². The zero-order valence-electron chi connectivity index (χ0n) is 21.1. The molecular weight excluding hydrogens is 444 g/mol. The monoisotopic (exact) mass is 478 g/mol. The Kier molecular flexibility index (Phi) is 7.19. The van der Waals surface area contributed by atoms with Crippen molar-refractivity contribution in [1.29, 1.82) is 0 Å². The Bertz CT molecular complexity index is 1290. The second kappa shape index (κ2) is 10.8. The highest BCUT2D eigenvalue weighted by molar-refractivity contribution is 6.07. The zero-order valence-corrected chi connectivity index (χ0v) is 21.1. The number of para-hydroxylation sites is 1. The molecule has 0 bridgehead atoms. The van der Waals surface area contributed by atoms with Gasteiger partial charge in [-0.05, 0) is 46.7 Å². The van der Waals surface area contributed by atoms with Crippen LogP contribution in [0.2, 0.25) is 0 Å². The molecule has 5 heteroatoms. The Morgan fingerprint density at radius 2 is 1.47 bits per heavy atom. The molecule has 36 heavy (non-hydrogen) atoms. The highest BCUT2D eigenvalue weighted by atomic mass is 16.1. The summed E-state index contributed by atoms with van der Waals surface area (Å²) in [7, 11) is 4.11. The highest BCUT2D eigenvalue weighted by Crippen LogP contribution is 2.26. The Balaban J connectivity index is 1.34. The predicted molar refractivity (Wildman–Crippen MR) is 150 cm³/mol. The van der Waals surface area contributed by atoms with E-state index < -0.39 is 0 Å². The number of carbonyl (C=O) groups excluding carboxylic acids is 1. The maximum Gasteiger partial charge on any atom is 0.251 e. The molecule has 1 aliphatic heterocycles. The van der Waals surface area contributed by atoms with E-state index in [1.165, 1.54) is 16.9 Å². The van der Waals surface area contributed by atoms with Gasteiger partial charge in [0, 0.05) is 63.8 Å². The van der Waals surface area contributed by atoms with Gasteiger partial charge in [0.15, 0.2) is 0 Å². The maximum atomic E-state index is 13.3. The van der Waals surface area contributed by atoms with Crippen LogP contribution in [-0.2, 0) is 0 Å². The van der Waals surface area contributed by atoms with Gasteiger partial charge in [0.2, 0.25) is 0 Å². The van der Waals surface area contributed by atoms with E-state index in [1.54, 1.807) is 0 Å². The number of benzene rings is 4. The van der Waals surface area contributed by atoms with Gasteiger partial charge in [0.05, 0.1) is 6.04 Å². The van der Waals surface area contributed by atoms with Crippen molar-refractivity contribution in [3.63, 3.8) is 0 Å². The minimum atomic E-state index is -0.0235. The summed E-state index contributed by atoms with van der Waals surface area (Å²) in [6.07, 6.45) is 0. The van der Waals surface area contributed by atoms with E-state index in [1.807, 2.05) is 42.5 Å². The summed E-state index contributed by atoms with van der Waals surface area (Å²) >= 11 is 0. The minimum absolute atomic E-state index is 0.0235. The maximum absolute atomic E-state index is 13.3. The number of amides is 1. The summed E-state index contributed by atoms with van der Waals surface area (Å²) in [4.78, 5) is 20.4. The van der Waals surface area contributed by atoms with Crippen LogP contribution in [0.5, 0.6) is 0 Å². The van der Waals surface area contributed by atoms with E-state index in [0.29, 0.717) is 6.54 Å². The number of hydrogen-bond acceptors (Lipinski definition) is 4. The fourth-order valence-corrected chi connectivity index (χ4v) is 5.09. The number of piperazine rings is 1. The second-order valence-corrected chi connectivity index (χ2v) is 9.60. The van der Waals surface area contributed by atoms with E-state index in [0.717, 1.165) is 42.5 Å². The summed E-state index contributed by atoms with van der Waals surface area (Å²) in [5.41, 5.74) is 4.40. The first-order chi connectivity index (χ1) is 17.6. The van der Waals surface area contributed by atoms with Crippen LogP contribution in [0.25, 0.3) is 10.8 Å². The average Bonchev–Trinajstić information content (AvgIpc) is 2.94. The van der Waals surface area contributed by atoms with Crippen molar-refractivity contribution in [2.75, 3.05) is 56.6 Å². The molecule has 1 aliphatic rings. The molecule has 4 aromatic rings. The Hall–Kier alpha value is -3.83. The third-order valence-corrected chi connectivity index (χ3v) is 7.16. The molecule has 1 saturated heterocycles. The second-order valence-electron chi connectivity index (χ2n) is 9.60. The van der Waals surface area contributed by atoms with Crippen molar-refractivity contribution in [3.8, 4) is 0 Å². The predicted octanol–water partition coefficient (Wildman–Crippen LogP) is 5.20. The minimum Gasteiger partial charge on any atom is -0.378 e. The molecule has 1 atom stereocenters. The molecule has 5 rings (SSSR count). The van der Waals surface area contributed by atoms with Crippen LogP contribution in [0, 0.1) is 0 Å². The smallest absolute Gasteiger partial charge is 0.251 e. The van der Waals surface area contributed by atoms with Crippen LogP contribution in [0.1, 0.15) is 22.0 Å². The van der Waals surface area contributed by atoms with E-state index in [-0.39, 0.29) is 11.9 Å². The molecule has 1 unspecified atom stereocenters. The van der Waals surface area contributed by atoms with Crippen LogP contribution in [0.4, 0.5) is 11.4 Å². The number of nitrogens with zero attached hydrogens (tertiary/aromatic N) is 3. The standard InChI is InChI=1S/C31H34N4O/c1-33(2)26-17-15-25(16-18-26)30(35-21-19-34(20-22-35)27-11-4-3-5-12-27)23-32-31(36)29-14-8-10-24-9-6-7-13-28(24)29/h3-18,30H,19-23H2,1-2H3,(H,32,36). The Morgan fingerprint density at radius 1 is 0.806 bits per heavy atom. The van der Waals surface area contributed by atoms with Crippen LogP contribution >= 0.6 is 0 Å². The third-order valence-electron chi connectivity index (χ3n) is 7.16. The van der Waals surface area contributed by atoms with Gasteiger partial charge in [-0.1, -0.05) is 66.7 Å². The van der Waals surface area contributed by atoms with Gasteiger partial charge in [0.25, 0.3) is 5.91 Å². The van der Waals surface area contributed by atoms with Crippen molar-refractivity contribution < 1.29 is 4.79 Å². The number of fused-ring (bicyclic) bond motifs is 1. The van der Waals surface area contributed by atoms with Gasteiger partial charge in [0.1, 0.15) is 0 Å². The normalized spacial score (nSPS) is 15.0. The van der Waals surface area contributed by atoms with Crippen LogP contribution in [0.15, 0.2) is 97.1 Å². The first-order valence-electron chi connectivity index (χ1n) is 12.7. The molecule has 1 heterocycles. The highest BCUT2D eigenvalue weighted by Gasteiger charge is 2.26. The van der Waals surface area contributed by atoms with Crippen molar-refractivity contribution in [2.24, 2.45) is 0 Å². The molecule has 1 N–H and O–H groups in total. The number of nitrogens with one attached hydrogen (secondary N) is 1. The summed E-state index contributed by atoms with van der Waals surface area (Å²) in [5.74, 6) is -0.0235. The molecule has 5 nitrogen and oxygen atoms in total. The molecule has 1 amide bonds.